The zero-order valence-electron chi connectivity index (χ0n) is 19.3. The lowest BCUT2D eigenvalue weighted by molar-refractivity contribution is -0.116. The van der Waals surface area contributed by atoms with Gasteiger partial charge in [0, 0.05) is 41.9 Å². The largest absolute Gasteiger partial charge is 0.507 e. The molecule has 0 bridgehead atoms. The Morgan fingerprint density at radius 2 is 2.03 bits per heavy atom. The summed E-state index contributed by atoms with van der Waals surface area (Å²) in [7, 11) is 0. The standard InChI is InChI=1S/C27H31N3O4/c31-23(13-12-20-15-28-16-29-20)30-19-7-5-6-18(14-19)24(17-10-11-17)25-26(32)21-8-3-1-2-4-9-22(21)34-27(25)33/h5-7,14-17,24,32H,1-4,8-13H2,(H,28,29)(H,30,31)/t24-/m1/s1. The highest BCUT2D eigenvalue weighted by Gasteiger charge is 2.38. The minimum Gasteiger partial charge on any atom is -0.507 e. The number of hydrogen-bond acceptors (Lipinski definition) is 5. The molecule has 0 unspecified atom stereocenters. The molecule has 0 aliphatic heterocycles. The van der Waals surface area contributed by atoms with Crippen LogP contribution in [-0.2, 0) is 24.1 Å². The molecule has 2 aromatic heterocycles. The molecule has 34 heavy (non-hydrogen) atoms. The molecule has 178 valence electrons. The number of nitrogens with zero attached hydrogens (tertiary/aromatic N) is 1. The molecule has 2 aliphatic rings. The number of aromatic hydroxyl groups is 1. The number of aryl methyl sites for hydroxylation is 2. The lowest BCUT2D eigenvalue weighted by atomic mass is 9.85. The number of aromatic nitrogens is 2. The third-order valence-corrected chi connectivity index (χ3v) is 7.00. The van der Waals surface area contributed by atoms with E-state index in [4.69, 9.17) is 4.42 Å². The maximum absolute atomic E-state index is 13.1. The molecule has 2 aliphatic carbocycles. The van der Waals surface area contributed by atoms with Crippen molar-refractivity contribution in [3.05, 3.63) is 75.4 Å². The van der Waals surface area contributed by atoms with Gasteiger partial charge in [-0.15, -0.1) is 0 Å². The molecule has 7 nitrogen and oxygen atoms in total. The average Bonchev–Trinajstić information content (AvgIpc) is 3.50. The first-order valence-electron chi connectivity index (χ1n) is 12.3. The molecule has 3 N–H and O–H groups in total. The molecule has 1 amide bonds. The minimum atomic E-state index is -0.428. The summed E-state index contributed by atoms with van der Waals surface area (Å²) in [5, 5.41) is 14.2. The van der Waals surface area contributed by atoms with Crippen LogP contribution in [0.25, 0.3) is 0 Å². The van der Waals surface area contributed by atoms with Crippen LogP contribution < -0.4 is 10.9 Å². The zero-order valence-corrected chi connectivity index (χ0v) is 19.3. The highest BCUT2D eigenvalue weighted by atomic mass is 16.4. The molecule has 1 fully saturated rings. The van der Waals surface area contributed by atoms with E-state index in [9.17, 15) is 14.7 Å². The maximum Gasteiger partial charge on any atom is 0.343 e. The maximum atomic E-state index is 13.1. The summed E-state index contributed by atoms with van der Waals surface area (Å²) in [5.74, 6) is 0.733. The van der Waals surface area contributed by atoms with E-state index in [1.807, 2.05) is 24.3 Å². The van der Waals surface area contributed by atoms with Crippen LogP contribution in [0.1, 0.15) is 79.0 Å². The topological polar surface area (TPSA) is 108 Å². The van der Waals surface area contributed by atoms with Crippen molar-refractivity contribution < 1.29 is 14.3 Å². The number of benzene rings is 1. The Hall–Kier alpha value is -3.35. The Kier molecular flexibility index (Phi) is 6.52. The second kappa shape index (κ2) is 9.87. The first-order chi connectivity index (χ1) is 16.6. The van der Waals surface area contributed by atoms with E-state index < -0.39 is 5.63 Å². The Labute approximate surface area is 198 Å². The Morgan fingerprint density at radius 3 is 2.79 bits per heavy atom. The van der Waals surface area contributed by atoms with Crippen LogP contribution >= 0.6 is 0 Å². The van der Waals surface area contributed by atoms with Gasteiger partial charge in [-0.05, 0) is 62.1 Å². The number of carbonyl (C=O) groups is 1. The van der Waals surface area contributed by atoms with Crippen LogP contribution in [0.2, 0.25) is 0 Å². The number of amides is 1. The molecule has 1 saturated carbocycles. The van der Waals surface area contributed by atoms with E-state index in [-0.39, 0.29) is 23.5 Å². The van der Waals surface area contributed by atoms with Gasteiger partial charge in [-0.1, -0.05) is 25.0 Å². The van der Waals surface area contributed by atoms with Gasteiger partial charge in [-0.2, -0.15) is 0 Å². The van der Waals surface area contributed by atoms with E-state index in [0.29, 0.717) is 36.3 Å². The lowest BCUT2D eigenvalue weighted by Crippen LogP contribution is -2.19. The lowest BCUT2D eigenvalue weighted by Gasteiger charge is -2.22. The molecule has 3 aromatic rings. The molecule has 0 saturated heterocycles. The second-order valence-electron chi connectivity index (χ2n) is 9.53. The first-order valence-corrected chi connectivity index (χ1v) is 12.3. The van der Waals surface area contributed by atoms with Crippen LogP contribution in [0.4, 0.5) is 5.69 Å². The molecular weight excluding hydrogens is 430 g/mol. The predicted octanol–water partition coefficient (Wildman–Crippen LogP) is 4.84. The second-order valence-corrected chi connectivity index (χ2v) is 9.53. The van der Waals surface area contributed by atoms with Gasteiger partial charge in [-0.3, -0.25) is 4.79 Å². The average molecular weight is 462 g/mol. The number of imidazole rings is 1. The van der Waals surface area contributed by atoms with Crippen molar-refractivity contribution in [2.75, 3.05) is 5.32 Å². The van der Waals surface area contributed by atoms with Gasteiger partial charge in [0.15, 0.2) is 0 Å². The SMILES string of the molecule is O=C(CCc1cnc[nH]1)Nc1cccc([C@H](c2c(O)c3c(oc2=O)CCCCCC3)C2CC2)c1. The van der Waals surface area contributed by atoms with Crippen molar-refractivity contribution in [3.63, 3.8) is 0 Å². The Bertz CT molecular complexity index is 1210. The Morgan fingerprint density at radius 1 is 1.21 bits per heavy atom. The summed E-state index contributed by atoms with van der Waals surface area (Å²) >= 11 is 0. The molecule has 1 atom stereocenters. The molecular formula is C27H31N3O4. The predicted molar refractivity (Wildman–Crippen MR) is 129 cm³/mol. The summed E-state index contributed by atoms with van der Waals surface area (Å²) in [6.07, 6.45) is 11.9. The van der Waals surface area contributed by atoms with Gasteiger partial charge in [0.2, 0.25) is 5.91 Å². The number of fused-ring (bicyclic) bond motifs is 1. The van der Waals surface area contributed by atoms with Gasteiger partial charge in [0.05, 0.1) is 11.9 Å². The molecule has 0 spiro atoms. The van der Waals surface area contributed by atoms with Gasteiger partial charge in [-0.25, -0.2) is 9.78 Å². The van der Waals surface area contributed by atoms with Crippen LogP contribution in [-0.4, -0.2) is 21.0 Å². The monoisotopic (exact) mass is 461 g/mol. The summed E-state index contributed by atoms with van der Waals surface area (Å²) in [6.45, 7) is 0. The number of hydrogen-bond donors (Lipinski definition) is 3. The third-order valence-electron chi connectivity index (χ3n) is 7.00. The summed E-state index contributed by atoms with van der Waals surface area (Å²) in [5.41, 5.74) is 3.28. The molecule has 1 aromatic carbocycles. The molecule has 5 rings (SSSR count). The van der Waals surface area contributed by atoms with E-state index in [2.05, 4.69) is 15.3 Å². The van der Waals surface area contributed by atoms with Crippen molar-refractivity contribution in [1.82, 2.24) is 9.97 Å². The number of anilines is 1. The fourth-order valence-corrected chi connectivity index (χ4v) is 5.10. The van der Waals surface area contributed by atoms with Gasteiger partial charge >= 0.3 is 5.63 Å². The minimum absolute atomic E-state index is 0.0850. The van der Waals surface area contributed by atoms with Gasteiger partial charge in [0.25, 0.3) is 0 Å². The highest BCUT2D eigenvalue weighted by molar-refractivity contribution is 5.90. The highest BCUT2D eigenvalue weighted by Crippen LogP contribution is 2.49. The van der Waals surface area contributed by atoms with E-state index in [1.165, 1.54) is 0 Å². The molecule has 7 heteroatoms. The van der Waals surface area contributed by atoms with Crippen LogP contribution in [0, 0.1) is 5.92 Å². The number of nitrogens with one attached hydrogen (secondary N) is 2. The van der Waals surface area contributed by atoms with Gasteiger partial charge in [0.1, 0.15) is 11.5 Å². The number of aromatic amines is 1. The van der Waals surface area contributed by atoms with Crippen molar-refractivity contribution in [2.24, 2.45) is 5.92 Å². The summed E-state index contributed by atoms with van der Waals surface area (Å²) in [4.78, 5) is 32.6. The first kappa shape index (κ1) is 22.4. The van der Waals surface area contributed by atoms with Crippen LogP contribution in [0.3, 0.4) is 0 Å². The summed E-state index contributed by atoms with van der Waals surface area (Å²) in [6, 6.07) is 7.64. The number of H-pyrrole nitrogens is 1. The fraction of sp³-hybridized carbons (Fsp3) is 0.444. The van der Waals surface area contributed by atoms with Crippen molar-refractivity contribution >= 4 is 11.6 Å². The van der Waals surface area contributed by atoms with Crippen LogP contribution in [0.5, 0.6) is 5.75 Å². The smallest absolute Gasteiger partial charge is 0.343 e. The summed E-state index contributed by atoms with van der Waals surface area (Å²) < 4.78 is 5.80. The van der Waals surface area contributed by atoms with Gasteiger partial charge < -0.3 is 19.8 Å². The van der Waals surface area contributed by atoms with E-state index in [1.54, 1.807) is 12.5 Å². The molecule has 0 radical (unpaired) electrons. The number of rotatable bonds is 7. The zero-order chi connectivity index (χ0) is 23.5. The Balaban J connectivity index is 1.41. The van der Waals surface area contributed by atoms with Crippen LogP contribution in [0.15, 0.2) is 46.0 Å². The van der Waals surface area contributed by atoms with Crippen molar-refractivity contribution in [3.8, 4) is 5.75 Å². The van der Waals surface area contributed by atoms with E-state index in [0.717, 1.165) is 61.8 Å². The third kappa shape index (κ3) is 4.93. The quantitative estimate of drug-likeness (QED) is 0.467. The van der Waals surface area contributed by atoms with Crippen molar-refractivity contribution in [2.45, 2.75) is 70.1 Å². The van der Waals surface area contributed by atoms with Crippen molar-refractivity contribution in [1.29, 1.82) is 0 Å². The van der Waals surface area contributed by atoms with E-state index >= 15 is 0 Å². The number of carbonyl (C=O) groups excluding carboxylic acids is 1. The molecule has 2 heterocycles. The fourth-order valence-electron chi connectivity index (χ4n) is 5.10. The normalized spacial score (nSPS) is 16.8.